The van der Waals surface area contributed by atoms with Gasteiger partial charge in [-0.1, -0.05) is 30.3 Å². The van der Waals surface area contributed by atoms with Gasteiger partial charge in [-0.25, -0.2) is 9.97 Å². The highest BCUT2D eigenvalue weighted by Crippen LogP contribution is 2.39. The van der Waals surface area contributed by atoms with Crippen LogP contribution in [0.1, 0.15) is 30.5 Å². The number of benzene rings is 1. The van der Waals surface area contributed by atoms with E-state index in [1.54, 1.807) is 0 Å². The Bertz CT molecular complexity index is 1270. The number of hydrogen-bond donors (Lipinski definition) is 1. The third-order valence-electron chi connectivity index (χ3n) is 7.39. The molecule has 0 unspecified atom stereocenters. The lowest BCUT2D eigenvalue weighted by molar-refractivity contribution is 0.148. The molecule has 0 saturated carbocycles. The Morgan fingerprint density at radius 2 is 1.95 bits per heavy atom. The van der Waals surface area contributed by atoms with Crippen LogP contribution in [-0.4, -0.2) is 87.9 Å². The first kappa shape index (κ1) is 25.2. The van der Waals surface area contributed by atoms with Crippen molar-refractivity contribution in [3.8, 4) is 22.5 Å². The van der Waals surface area contributed by atoms with Crippen LogP contribution < -0.4 is 5.73 Å². The standard InChI is InChI=1S/C28H37N9/c1-35(2)22-12-16-37(17-13-22)18-15-30-14-11-24(29)32-28-31-19-21-9-10-23-25(26(21)33-28)27(36(3)34-23)20-7-5-4-6-8-20/h4-8,14,19,22H,9-13,15-18H2,1-3H3,(H2,29,31,32,33). The summed E-state index contributed by atoms with van der Waals surface area (Å²) in [6.45, 7) is 4.05. The number of piperidine rings is 1. The molecule has 3 heterocycles. The van der Waals surface area contributed by atoms with Gasteiger partial charge in [0.05, 0.1) is 23.6 Å². The highest BCUT2D eigenvalue weighted by molar-refractivity contribution is 5.94. The summed E-state index contributed by atoms with van der Waals surface area (Å²) in [6, 6.07) is 11.0. The number of aromatic nitrogens is 4. The normalized spacial score (nSPS) is 16.9. The lowest BCUT2D eigenvalue weighted by atomic mass is 9.91. The van der Waals surface area contributed by atoms with Gasteiger partial charge >= 0.3 is 0 Å². The van der Waals surface area contributed by atoms with E-state index >= 15 is 0 Å². The number of aliphatic imine (C=N–C) groups is 2. The van der Waals surface area contributed by atoms with Crippen LogP contribution in [0.25, 0.3) is 22.5 Å². The molecule has 2 N–H and O–H groups in total. The van der Waals surface area contributed by atoms with Crippen LogP contribution in [0.2, 0.25) is 0 Å². The average Bonchev–Trinajstić information content (AvgIpc) is 3.25. The Kier molecular flexibility index (Phi) is 7.71. The number of nitrogens with two attached hydrogens (primary N) is 1. The van der Waals surface area contributed by atoms with Crippen LogP contribution >= 0.6 is 0 Å². The molecule has 1 fully saturated rings. The Morgan fingerprint density at radius 3 is 2.70 bits per heavy atom. The molecule has 1 saturated heterocycles. The fourth-order valence-corrected chi connectivity index (χ4v) is 5.32. The molecule has 9 heteroatoms. The SMILES string of the molecule is CN(C)C1CCN(CCN=CCC(N)=Nc2ncc3c(n2)-c2c(nn(C)c2-c2ccccc2)CC3)CC1. The Morgan fingerprint density at radius 1 is 1.16 bits per heavy atom. The molecule has 37 heavy (non-hydrogen) atoms. The minimum atomic E-state index is 0.379. The quantitative estimate of drug-likeness (QED) is 0.378. The summed E-state index contributed by atoms with van der Waals surface area (Å²) in [7, 11) is 6.33. The van der Waals surface area contributed by atoms with Crippen LogP contribution in [-0.2, 0) is 19.9 Å². The van der Waals surface area contributed by atoms with Gasteiger partial charge in [-0.15, -0.1) is 0 Å². The molecule has 2 aliphatic rings. The van der Waals surface area contributed by atoms with Gasteiger partial charge in [0.15, 0.2) is 0 Å². The summed E-state index contributed by atoms with van der Waals surface area (Å²) >= 11 is 0. The minimum Gasteiger partial charge on any atom is -0.387 e. The van der Waals surface area contributed by atoms with Crippen molar-refractivity contribution in [2.75, 3.05) is 40.3 Å². The molecule has 9 nitrogen and oxygen atoms in total. The lowest BCUT2D eigenvalue weighted by Gasteiger charge is -2.34. The lowest BCUT2D eigenvalue weighted by Crippen LogP contribution is -2.42. The maximum absolute atomic E-state index is 6.22. The maximum Gasteiger partial charge on any atom is 0.251 e. The van der Waals surface area contributed by atoms with Gasteiger partial charge in [0, 0.05) is 49.6 Å². The first-order valence-electron chi connectivity index (χ1n) is 13.2. The predicted molar refractivity (Wildman–Crippen MR) is 149 cm³/mol. The van der Waals surface area contributed by atoms with Crippen molar-refractivity contribution in [2.24, 2.45) is 22.8 Å². The number of amidine groups is 1. The molecule has 1 aromatic carbocycles. The molecule has 3 aromatic rings. The van der Waals surface area contributed by atoms with Crippen LogP contribution in [0.15, 0.2) is 46.5 Å². The van der Waals surface area contributed by atoms with E-state index in [4.69, 9.17) is 15.8 Å². The van der Waals surface area contributed by atoms with E-state index in [1.807, 2.05) is 42.3 Å². The number of aryl methyl sites for hydroxylation is 3. The summed E-state index contributed by atoms with van der Waals surface area (Å²) < 4.78 is 1.95. The predicted octanol–water partition coefficient (Wildman–Crippen LogP) is 3.12. The Labute approximate surface area is 219 Å². The molecule has 0 spiro atoms. The van der Waals surface area contributed by atoms with E-state index in [-0.39, 0.29) is 0 Å². The number of nitrogens with zero attached hydrogens (tertiary/aromatic N) is 8. The topological polar surface area (TPSA) is 101 Å². The molecule has 0 atom stereocenters. The van der Waals surface area contributed by atoms with Crippen LogP contribution in [0, 0.1) is 0 Å². The van der Waals surface area contributed by atoms with Gasteiger partial charge in [-0.2, -0.15) is 10.1 Å². The van der Waals surface area contributed by atoms with Gasteiger partial charge in [0.2, 0.25) is 0 Å². The molecule has 1 aliphatic carbocycles. The number of likely N-dealkylation sites (tertiary alicyclic amines) is 1. The summed E-state index contributed by atoms with van der Waals surface area (Å²) in [5.41, 5.74) is 12.6. The third kappa shape index (κ3) is 5.78. The fourth-order valence-electron chi connectivity index (χ4n) is 5.32. The molecule has 2 aromatic heterocycles. The number of rotatable bonds is 8. The van der Waals surface area contributed by atoms with Gasteiger partial charge < -0.3 is 15.5 Å². The fraction of sp³-hybridized carbons (Fsp3) is 0.464. The third-order valence-corrected chi connectivity index (χ3v) is 7.39. The first-order chi connectivity index (χ1) is 18.0. The number of hydrogen-bond acceptors (Lipinski definition) is 7. The van der Waals surface area contributed by atoms with E-state index in [9.17, 15) is 0 Å². The zero-order valence-electron chi connectivity index (χ0n) is 22.1. The summed E-state index contributed by atoms with van der Waals surface area (Å²) in [6.07, 6.45) is 8.42. The van der Waals surface area contributed by atoms with Crippen molar-refractivity contribution in [1.29, 1.82) is 0 Å². The van der Waals surface area contributed by atoms with E-state index < -0.39 is 0 Å². The Hall–Kier alpha value is -3.43. The molecular weight excluding hydrogens is 462 g/mol. The van der Waals surface area contributed by atoms with Crippen LogP contribution in [0.4, 0.5) is 5.95 Å². The van der Waals surface area contributed by atoms with E-state index in [0.29, 0.717) is 24.2 Å². The summed E-state index contributed by atoms with van der Waals surface area (Å²) in [4.78, 5) is 23.2. The minimum absolute atomic E-state index is 0.379. The molecule has 0 amide bonds. The van der Waals surface area contributed by atoms with Crippen molar-refractivity contribution < 1.29 is 0 Å². The number of fused-ring (bicyclic) bond motifs is 3. The second kappa shape index (κ2) is 11.3. The van der Waals surface area contributed by atoms with Crippen molar-refractivity contribution in [1.82, 2.24) is 29.5 Å². The monoisotopic (exact) mass is 499 g/mol. The van der Waals surface area contributed by atoms with Crippen molar-refractivity contribution in [3.05, 3.63) is 47.8 Å². The van der Waals surface area contributed by atoms with Gasteiger partial charge in [0.25, 0.3) is 5.95 Å². The second-order valence-corrected chi connectivity index (χ2v) is 10.1. The smallest absolute Gasteiger partial charge is 0.251 e. The van der Waals surface area contributed by atoms with E-state index in [2.05, 4.69) is 51.0 Å². The molecule has 1 aliphatic heterocycles. The van der Waals surface area contributed by atoms with E-state index in [1.165, 1.54) is 12.8 Å². The van der Waals surface area contributed by atoms with Crippen molar-refractivity contribution in [3.63, 3.8) is 0 Å². The zero-order valence-corrected chi connectivity index (χ0v) is 22.1. The molecule has 5 rings (SSSR count). The van der Waals surface area contributed by atoms with Crippen LogP contribution in [0.3, 0.4) is 0 Å². The highest BCUT2D eigenvalue weighted by Gasteiger charge is 2.27. The van der Waals surface area contributed by atoms with Gasteiger partial charge in [0.1, 0.15) is 5.84 Å². The van der Waals surface area contributed by atoms with Crippen molar-refractivity contribution >= 4 is 18.0 Å². The molecule has 0 radical (unpaired) electrons. The van der Waals surface area contributed by atoms with Gasteiger partial charge in [-0.3, -0.25) is 9.67 Å². The largest absolute Gasteiger partial charge is 0.387 e. The molecular formula is C28H37N9. The second-order valence-electron chi connectivity index (χ2n) is 10.1. The molecule has 0 bridgehead atoms. The Balaban J connectivity index is 1.23. The van der Waals surface area contributed by atoms with Crippen LogP contribution in [0.5, 0.6) is 0 Å². The van der Waals surface area contributed by atoms with Crippen molar-refractivity contribution in [2.45, 2.75) is 38.1 Å². The van der Waals surface area contributed by atoms with Gasteiger partial charge in [-0.05, 0) is 58.4 Å². The average molecular weight is 500 g/mol. The summed E-state index contributed by atoms with van der Waals surface area (Å²) in [5, 5.41) is 4.79. The highest BCUT2D eigenvalue weighted by atomic mass is 15.3. The first-order valence-corrected chi connectivity index (χ1v) is 13.2. The maximum atomic E-state index is 6.22. The zero-order chi connectivity index (χ0) is 25.8. The molecule has 194 valence electrons. The van der Waals surface area contributed by atoms with E-state index in [0.717, 1.165) is 72.8 Å². The summed E-state index contributed by atoms with van der Waals surface area (Å²) in [5.74, 6) is 0.838.